The molecule has 0 aliphatic heterocycles. The SMILES string of the molecule is Nc1cccc(N)c1C=S. The molecule has 1 rings (SSSR count). The molecule has 52 valence electrons. The lowest BCUT2D eigenvalue weighted by Gasteiger charge is -2.01. The van der Waals surface area contributed by atoms with E-state index in [4.69, 9.17) is 23.7 Å². The van der Waals surface area contributed by atoms with Crippen LogP contribution < -0.4 is 11.5 Å². The minimum Gasteiger partial charge on any atom is -0.398 e. The summed E-state index contributed by atoms with van der Waals surface area (Å²) in [4.78, 5) is 0. The van der Waals surface area contributed by atoms with Gasteiger partial charge in [0, 0.05) is 22.3 Å². The summed E-state index contributed by atoms with van der Waals surface area (Å²) >= 11 is 4.71. The lowest BCUT2D eigenvalue weighted by molar-refractivity contribution is 1.65. The maximum atomic E-state index is 5.55. The highest BCUT2D eigenvalue weighted by Crippen LogP contribution is 2.15. The topological polar surface area (TPSA) is 52.0 Å². The Morgan fingerprint density at radius 2 is 1.70 bits per heavy atom. The number of nitrogen functional groups attached to an aromatic ring is 2. The number of hydrogen-bond acceptors (Lipinski definition) is 3. The number of hydrogen-bond donors (Lipinski definition) is 2. The average molecular weight is 152 g/mol. The lowest BCUT2D eigenvalue weighted by atomic mass is 10.2. The molecule has 0 saturated heterocycles. The van der Waals surface area contributed by atoms with E-state index >= 15 is 0 Å². The zero-order valence-corrected chi connectivity index (χ0v) is 6.19. The summed E-state index contributed by atoms with van der Waals surface area (Å²) in [7, 11) is 0. The molecule has 0 bridgehead atoms. The molecule has 4 N–H and O–H groups in total. The third kappa shape index (κ3) is 1.09. The maximum Gasteiger partial charge on any atom is 0.0417 e. The summed E-state index contributed by atoms with van der Waals surface area (Å²) in [6, 6.07) is 5.34. The van der Waals surface area contributed by atoms with Crippen LogP contribution in [0, 0.1) is 0 Å². The van der Waals surface area contributed by atoms with Crippen LogP contribution in [0.25, 0.3) is 0 Å². The number of rotatable bonds is 1. The molecule has 0 atom stereocenters. The van der Waals surface area contributed by atoms with Gasteiger partial charge in [-0.15, -0.1) is 0 Å². The van der Waals surface area contributed by atoms with E-state index in [1.807, 2.05) is 0 Å². The van der Waals surface area contributed by atoms with Gasteiger partial charge in [0.1, 0.15) is 0 Å². The maximum absolute atomic E-state index is 5.55. The first kappa shape index (κ1) is 7.02. The van der Waals surface area contributed by atoms with Gasteiger partial charge in [0.25, 0.3) is 0 Å². The van der Waals surface area contributed by atoms with Gasteiger partial charge in [0.15, 0.2) is 0 Å². The van der Waals surface area contributed by atoms with Crippen molar-refractivity contribution in [1.29, 1.82) is 0 Å². The Kier molecular flexibility index (Phi) is 1.87. The van der Waals surface area contributed by atoms with E-state index in [0.29, 0.717) is 11.4 Å². The minimum atomic E-state index is 0.634. The molecular weight excluding hydrogens is 144 g/mol. The van der Waals surface area contributed by atoms with Crippen LogP contribution in [-0.2, 0) is 0 Å². The van der Waals surface area contributed by atoms with Crippen molar-refractivity contribution >= 4 is 29.0 Å². The molecule has 0 unspecified atom stereocenters. The predicted molar refractivity (Wildman–Crippen MR) is 48.0 cm³/mol. The summed E-state index contributed by atoms with van der Waals surface area (Å²) in [6.07, 6.45) is 0. The molecule has 0 aromatic heterocycles. The Labute approximate surface area is 64.8 Å². The van der Waals surface area contributed by atoms with Crippen LogP contribution in [0.1, 0.15) is 5.56 Å². The van der Waals surface area contributed by atoms with E-state index in [2.05, 4.69) is 0 Å². The number of benzene rings is 1. The second kappa shape index (κ2) is 2.66. The van der Waals surface area contributed by atoms with Crippen molar-refractivity contribution in [3.63, 3.8) is 0 Å². The van der Waals surface area contributed by atoms with Gasteiger partial charge >= 0.3 is 0 Å². The van der Waals surface area contributed by atoms with Crippen molar-refractivity contribution < 1.29 is 0 Å². The summed E-state index contributed by atoms with van der Waals surface area (Å²) in [6.45, 7) is 0. The Morgan fingerprint density at radius 1 is 1.20 bits per heavy atom. The van der Waals surface area contributed by atoms with Gasteiger partial charge in [0.2, 0.25) is 0 Å². The first-order valence-electron chi connectivity index (χ1n) is 2.85. The highest BCUT2D eigenvalue weighted by Gasteiger charge is 1.96. The monoisotopic (exact) mass is 152 g/mol. The molecule has 2 nitrogen and oxygen atoms in total. The van der Waals surface area contributed by atoms with Gasteiger partial charge in [-0.3, -0.25) is 0 Å². The summed E-state index contributed by atoms with van der Waals surface area (Å²) < 4.78 is 0. The number of thiocarbonyl (C=S) groups is 1. The predicted octanol–water partition coefficient (Wildman–Crippen LogP) is 1.20. The molecule has 10 heavy (non-hydrogen) atoms. The normalized spacial score (nSPS) is 9.20. The van der Waals surface area contributed by atoms with Crippen molar-refractivity contribution in [2.75, 3.05) is 11.5 Å². The van der Waals surface area contributed by atoms with E-state index in [1.54, 1.807) is 18.2 Å². The molecule has 0 radical (unpaired) electrons. The van der Waals surface area contributed by atoms with Crippen LogP contribution in [0.2, 0.25) is 0 Å². The third-order valence-electron chi connectivity index (χ3n) is 1.29. The molecule has 0 aliphatic rings. The molecule has 1 aromatic rings. The second-order valence-electron chi connectivity index (χ2n) is 1.97. The molecule has 0 heterocycles. The van der Waals surface area contributed by atoms with E-state index in [0.717, 1.165) is 5.56 Å². The van der Waals surface area contributed by atoms with Gasteiger partial charge in [-0.1, -0.05) is 18.3 Å². The molecule has 1 aromatic carbocycles. The zero-order chi connectivity index (χ0) is 7.56. The van der Waals surface area contributed by atoms with Gasteiger partial charge in [0.05, 0.1) is 0 Å². The fraction of sp³-hybridized carbons (Fsp3) is 0. The molecular formula is C7H8N2S. The van der Waals surface area contributed by atoms with Crippen LogP contribution in [0.15, 0.2) is 18.2 Å². The minimum absolute atomic E-state index is 0.634. The van der Waals surface area contributed by atoms with Crippen molar-refractivity contribution in [3.05, 3.63) is 23.8 Å². The fourth-order valence-corrected chi connectivity index (χ4v) is 1.01. The van der Waals surface area contributed by atoms with E-state index in [-0.39, 0.29) is 0 Å². The van der Waals surface area contributed by atoms with E-state index < -0.39 is 0 Å². The Balaban J connectivity index is 3.30. The highest BCUT2D eigenvalue weighted by molar-refractivity contribution is 7.79. The van der Waals surface area contributed by atoms with E-state index in [1.165, 1.54) is 5.37 Å². The molecule has 0 saturated carbocycles. The van der Waals surface area contributed by atoms with Gasteiger partial charge in [-0.2, -0.15) is 0 Å². The Morgan fingerprint density at radius 3 is 2.00 bits per heavy atom. The van der Waals surface area contributed by atoms with Gasteiger partial charge < -0.3 is 11.5 Å². The quantitative estimate of drug-likeness (QED) is 0.469. The summed E-state index contributed by atoms with van der Waals surface area (Å²) in [5.41, 5.74) is 13.1. The smallest absolute Gasteiger partial charge is 0.0417 e. The first-order valence-corrected chi connectivity index (χ1v) is 3.32. The largest absolute Gasteiger partial charge is 0.398 e. The highest BCUT2D eigenvalue weighted by atomic mass is 32.1. The number of anilines is 2. The van der Waals surface area contributed by atoms with Crippen LogP contribution in [0.3, 0.4) is 0 Å². The first-order chi connectivity index (χ1) is 4.75. The fourth-order valence-electron chi connectivity index (χ4n) is 0.738. The van der Waals surface area contributed by atoms with Crippen LogP contribution >= 0.6 is 12.2 Å². The molecule has 0 fully saturated rings. The van der Waals surface area contributed by atoms with Crippen molar-refractivity contribution in [3.8, 4) is 0 Å². The summed E-state index contributed by atoms with van der Waals surface area (Å²) in [5.74, 6) is 0. The van der Waals surface area contributed by atoms with Crippen molar-refractivity contribution in [2.24, 2.45) is 0 Å². The van der Waals surface area contributed by atoms with Crippen molar-refractivity contribution in [2.45, 2.75) is 0 Å². The summed E-state index contributed by atoms with van der Waals surface area (Å²) in [5, 5.41) is 1.49. The third-order valence-corrected chi connectivity index (χ3v) is 1.53. The van der Waals surface area contributed by atoms with Crippen LogP contribution in [-0.4, -0.2) is 5.37 Å². The van der Waals surface area contributed by atoms with Crippen molar-refractivity contribution in [1.82, 2.24) is 0 Å². The lowest BCUT2D eigenvalue weighted by Crippen LogP contribution is -1.97. The van der Waals surface area contributed by atoms with E-state index in [9.17, 15) is 0 Å². The molecule has 0 amide bonds. The molecule has 3 heteroatoms. The average Bonchev–Trinajstić information content (AvgIpc) is 1.88. The number of nitrogens with two attached hydrogens (primary N) is 2. The standard InChI is InChI=1S/C7H8N2S/c8-6-2-1-3-7(9)5(6)4-10/h1-4H,8-9H2. The van der Waals surface area contributed by atoms with Crippen LogP contribution in [0.4, 0.5) is 11.4 Å². The molecule has 0 aliphatic carbocycles. The molecule has 0 spiro atoms. The van der Waals surface area contributed by atoms with Gasteiger partial charge in [-0.05, 0) is 12.1 Å². The van der Waals surface area contributed by atoms with Gasteiger partial charge in [-0.25, -0.2) is 0 Å². The zero-order valence-electron chi connectivity index (χ0n) is 5.37. The Hall–Kier alpha value is -1.09. The second-order valence-corrected chi connectivity index (χ2v) is 2.20. The van der Waals surface area contributed by atoms with Crippen LogP contribution in [0.5, 0.6) is 0 Å². The Bertz CT molecular complexity index is 238.